The summed E-state index contributed by atoms with van der Waals surface area (Å²) in [7, 11) is 0. The van der Waals surface area contributed by atoms with Gasteiger partial charge in [0.25, 0.3) is 5.91 Å². The Bertz CT molecular complexity index is 765. The van der Waals surface area contributed by atoms with Crippen LogP contribution in [0.25, 0.3) is 0 Å². The molecule has 6 nitrogen and oxygen atoms in total. The van der Waals surface area contributed by atoms with E-state index in [1.165, 1.54) is 0 Å². The van der Waals surface area contributed by atoms with Crippen LogP contribution < -0.4 is 15.0 Å². The van der Waals surface area contributed by atoms with Crippen LogP contribution in [0.15, 0.2) is 42.7 Å². The highest BCUT2D eigenvalue weighted by Crippen LogP contribution is 2.37. The van der Waals surface area contributed by atoms with Crippen molar-refractivity contribution in [3.8, 4) is 5.75 Å². The van der Waals surface area contributed by atoms with Gasteiger partial charge in [-0.2, -0.15) is 0 Å². The van der Waals surface area contributed by atoms with Gasteiger partial charge in [0.05, 0.1) is 11.3 Å². The van der Waals surface area contributed by atoms with Crippen molar-refractivity contribution in [1.29, 1.82) is 0 Å². The number of aromatic nitrogens is 1. The average molecular weight is 369 g/mol. The Morgan fingerprint density at radius 3 is 2.93 bits per heavy atom. The maximum absolute atomic E-state index is 13.0. The minimum absolute atomic E-state index is 0.0814. The van der Waals surface area contributed by atoms with Crippen LogP contribution in [0.2, 0.25) is 0 Å². The lowest BCUT2D eigenvalue weighted by molar-refractivity contribution is 0.0976. The molecule has 1 amide bonds. The van der Waals surface area contributed by atoms with Crippen LogP contribution >= 0.6 is 0 Å². The fourth-order valence-electron chi connectivity index (χ4n) is 3.20. The van der Waals surface area contributed by atoms with Gasteiger partial charge in [0.2, 0.25) is 0 Å². The third-order valence-corrected chi connectivity index (χ3v) is 4.53. The number of rotatable bonds is 7. The number of aliphatic hydroxyl groups is 1. The molecule has 6 heteroatoms. The molecule has 0 saturated carbocycles. The molecule has 1 aromatic heterocycles. The molecule has 2 N–H and O–H groups in total. The first-order valence-corrected chi connectivity index (χ1v) is 9.44. The number of pyridine rings is 1. The lowest BCUT2D eigenvalue weighted by atomic mass is 10.00. The predicted molar refractivity (Wildman–Crippen MR) is 105 cm³/mol. The van der Waals surface area contributed by atoms with Gasteiger partial charge in [0.15, 0.2) is 0 Å². The van der Waals surface area contributed by atoms with Gasteiger partial charge in [-0.15, -0.1) is 0 Å². The summed E-state index contributed by atoms with van der Waals surface area (Å²) in [5, 5.41) is 13.3. The Kier molecular flexibility index (Phi) is 6.42. The number of nitrogens with one attached hydrogen (secondary N) is 1. The number of carbonyl (C=O) groups is 1. The van der Waals surface area contributed by atoms with Crippen molar-refractivity contribution in [1.82, 2.24) is 10.3 Å². The topological polar surface area (TPSA) is 74.7 Å². The van der Waals surface area contributed by atoms with Crippen LogP contribution in [0, 0.1) is 0 Å². The number of amides is 1. The molecule has 0 saturated heterocycles. The SMILES string of the molecule is CC(C)NC[C@H](O)COc1cccc2c1N(C(=O)c1cccnc1)CCC2. The Balaban J connectivity index is 1.79. The molecule has 27 heavy (non-hydrogen) atoms. The highest BCUT2D eigenvalue weighted by atomic mass is 16.5. The summed E-state index contributed by atoms with van der Waals surface area (Å²) in [6, 6.07) is 9.66. The molecule has 144 valence electrons. The van der Waals surface area contributed by atoms with Crippen molar-refractivity contribution in [3.63, 3.8) is 0 Å². The molecule has 2 aromatic rings. The first-order chi connectivity index (χ1) is 13.1. The number of ether oxygens (including phenoxy) is 1. The second kappa shape index (κ2) is 8.97. The van der Waals surface area contributed by atoms with Gasteiger partial charge < -0.3 is 20.1 Å². The van der Waals surface area contributed by atoms with E-state index in [0.29, 0.717) is 30.4 Å². The van der Waals surface area contributed by atoms with Gasteiger partial charge in [0, 0.05) is 31.5 Å². The fourth-order valence-corrected chi connectivity index (χ4v) is 3.20. The largest absolute Gasteiger partial charge is 0.489 e. The summed E-state index contributed by atoms with van der Waals surface area (Å²) in [5.41, 5.74) is 2.45. The van der Waals surface area contributed by atoms with Crippen LogP contribution in [-0.4, -0.2) is 47.8 Å². The fraction of sp³-hybridized carbons (Fsp3) is 0.429. The zero-order valence-electron chi connectivity index (χ0n) is 15.9. The summed E-state index contributed by atoms with van der Waals surface area (Å²) in [5.74, 6) is 0.551. The number of carbonyl (C=O) groups excluding carboxylic acids is 1. The van der Waals surface area contributed by atoms with Crippen molar-refractivity contribution >= 4 is 11.6 Å². The van der Waals surface area contributed by atoms with Gasteiger partial charge in [-0.3, -0.25) is 9.78 Å². The number of benzene rings is 1. The summed E-state index contributed by atoms with van der Waals surface area (Å²) < 4.78 is 5.92. The molecular formula is C21H27N3O3. The zero-order valence-corrected chi connectivity index (χ0v) is 15.9. The van der Waals surface area contributed by atoms with Gasteiger partial charge in [-0.1, -0.05) is 26.0 Å². The minimum atomic E-state index is -0.616. The molecule has 1 atom stereocenters. The van der Waals surface area contributed by atoms with E-state index in [2.05, 4.69) is 10.3 Å². The first-order valence-electron chi connectivity index (χ1n) is 9.44. The van der Waals surface area contributed by atoms with Gasteiger partial charge in [0.1, 0.15) is 18.5 Å². The Labute approximate surface area is 160 Å². The van der Waals surface area contributed by atoms with Crippen molar-refractivity contribution < 1.29 is 14.6 Å². The zero-order chi connectivity index (χ0) is 19.2. The second-order valence-corrected chi connectivity index (χ2v) is 7.09. The third-order valence-electron chi connectivity index (χ3n) is 4.53. The van der Waals surface area contributed by atoms with E-state index in [-0.39, 0.29) is 12.5 Å². The second-order valence-electron chi connectivity index (χ2n) is 7.09. The van der Waals surface area contributed by atoms with E-state index in [1.54, 1.807) is 29.4 Å². The molecular weight excluding hydrogens is 342 g/mol. The number of hydrogen-bond donors (Lipinski definition) is 2. The standard InChI is InChI=1S/C21H27N3O3/c1-15(2)23-13-18(25)14-27-19-9-3-6-16-8-5-11-24(20(16)19)21(26)17-7-4-10-22-12-17/h3-4,6-7,9-10,12,15,18,23,25H,5,8,11,13-14H2,1-2H3/t18-/m0/s1. The lowest BCUT2D eigenvalue weighted by Gasteiger charge is -2.31. The molecule has 1 aliphatic rings. The maximum Gasteiger partial charge on any atom is 0.259 e. The van der Waals surface area contributed by atoms with E-state index < -0.39 is 6.10 Å². The average Bonchev–Trinajstić information content (AvgIpc) is 2.70. The number of anilines is 1. The Morgan fingerprint density at radius 2 is 2.19 bits per heavy atom. The predicted octanol–water partition coefficient (Wildman–Crippen LogP) is 2.41. The monoisotopic (exact) mass is 369 g/mol. The molecule has 0 fully saturated rings. The van der Waals surface area contributed by atoms with E-state index >= 15 is 0 Å². The lowest BCUT2D eigenvalue weighted by Crippen LogP contribution is -2.37. The van der Waals surface area contributed by atoms with Crippen LogP contribution in [-0.2, 0) is 6.42 Å². The quantitative estimate of drug-likeness (QED) is 0.784. The van der Waals surface area contributed by atoms with Crippen LogP contribution in [0.5, 0.6) is 5.75 Å². The summed E-state index contributed by atoms with van der Waals surface area (Å²) in [6.07, 6.45) is 4.43. The van der Waals surface area contributed by atoms with Gasteiger partial charge in [-0.25, -0.2) is 0 Å². The van der Waals surface area contributed by atoms with Crippen LogP contribution in [0.4, 0.5) is 5.69 Å². The van der Waals surface area contributed by atoms with Crippen LogP contribution in [0.1, 0.15) is 36.2 Å². The Morgan fingerprint density at radius 1 is 1.33 bits per heavy atom. The highest BCUT2D eigenvalue weighted by Gasteiger charge is 2.27. The molecule has 2 heterocycles. The summed E-state index contributed by atoms with van der Waals surface area (Å²) in [6.45, 7) is 5.33. The summed E-state index contributed by atoms with van der Waals surface area (Å²) in [4.78, 5) is 18.8. The van der Waals surface area contributed by atoms with E-state index in [4.69, 9.17) is 4.74 Å². The smallest absolute Gasteiger partial charge is 0.259 e. The molecule has 0 bridgehead atoms. The molecule has 0 unspecified atom stereocenters. The number of nitrogens with zero attached hydrogens (tertiary/aromatic N) is 2. The molecule has 1 aromatic carbocycles. The molecule has 0 spiro atoms. The third kappa shape index (κ3) is 4.84. The van der Waals surface area contributed by atoms with Crippen molar-refractivity contribution in [2.45, 2.75) is 38.8 Å². The van der Waals surface area contributed by atoms with Crippen LogP contribution in [0.3, 0.4) is 0 Å². The first kappa shape index (κ1) is 19.3. The molecule has 1 aliphatic heterocycles. The summed E-state index contributed by atoms with van der Waals surface area (Å²) >= 11 is 0. The highest BCUT2D eigenvalue weighted by molar-refractivity contribution is 6.07. The van der Waals surface area contributed by atoms with Crippen molar-refractivity contribution in [2.24, 2.45) is 0 Å². The van der Waals surface area contributed by atoms with Crippen molar-refractivity contribution in [2.75, 3.05) is 24.6 Å². The number of fused-ring (bicyclic) bond motifs is 1. The van der Waals surface area contributed by atoms with Gasteiger partial charge >= 0.3 is 0 Å². The number of aryl methyl sites for hydroxylation is 1. The van der Waals surface area contributed by atoms with Crippen molar-refractivity contribution in [3.05, 3.63) is 53.9 Å². The number of aliphatic hydroxyl groups excluding tert-OH is 1. The molecule has 0 radical (unpaired) electrons. The number of para-hydroxylation sites is 1. The van der Waals surface area contributed by atoms with E-state index in [0.717, 1.165) is 24.1 Å². The molecule has 3 rings (SSSR count). The van der Waals surface area contributed by atoms with E-state index in [1.807, 2.05) is 32.0 Å². The minimum Gasteiger partial charge on any atom is -0.489 e. The van der Waals surface area contributed by atoms with E-state index in [9.17, 15) is 9.90 Å². The van der Waals surface area contributed by atoms with Gasteiger partial charge in [-0.05, 0) is 36.6 Å². The normalized spacial score (nSPS) is 14.7. The molecule has 0 aliphatic carbocycles. The Hall–Kier alpha value is -2.44. The number of hydrogen-bond acceptors (Lipinski definition) is 5. The maximum atomic E-state index is 13.0.